The minimum Gasteiger partial charge on any atom is -0.296 e. The number of hydrogen-bond acceptors (Lipinski definition) is 2. The molecule has 0 bridgehead atoms. The van der Waals surface area contributed by atoms with E-state index >= 15 is 0 Å². The fourth-order valence-corrected chi connectivity index (χ4v) is 1.63. The van der Waals surface area contributed by atoms with Crippen LogP contribution in [0.3, 0.4) is 0 Å². The number of carbonyl (C=O) groups is 1. The van der Waals surface area contributed by atoms with Gasteiger partial charge in [0, 0.05) is 18.1 Å². The van der Waals surface area contributed by atoms with Gasteiger partial charge in [-0.05, 0) is 18.2 Å². The second-order valence-electron chi connectivity index (χ2n) is 4.03. The van der Waals surface area contributed by atoms with Gasteiger partial charge in [0.15, 0.2) is 6.29 Å². The lowest BCUT2D eigenvalue weighted by molar-refractivity contribution is 0.0175. The van der Waals surface area contributed by atoms with Crippen LogP contribution in [0.5, 0.6) is 0 Å². The number of hydrogen-bond donors (Lipinski definition) is 0. The Hall–Kier alpha value is -2.10. The number of rotatable bonds is 3. The zero-order valence-corrected chi connectivity index (χ0v) is 9.73. The molecule has 0 fully saturated rings. The molecule has 0 N–H and O–H groups in total. The van der Waals surface area contributed by atoms with E-state index in [2.05, 4.69) is 4.98 Å². The standard InChI is InChI=1S/C14H11F2NO/c1-14(15,16)11-5-2-4-10(8-11)13-7-3-6-12(9-18)17-13/h2-9H,1H3. The first-order valence-corrected chi connectivity index (χ1v) is 5.41. The molecular formula is C14H11F2NO. The largest absolute Gasteiger partial charge is 0.296 e. The smallest absolute Gasteiger partial charge is 0.270 e. The number of nitrogens with zero attached hydrogens (tertiary/aromatic N) is 1. The van der Waals surface area contributed by atoms with Gasteiger partial charge >= 0.3 is 0 Å². The lowest BCUT2D eigenvalue weighted by atomic mass is 10.0. The fourth-order valence-electron chi connectivity index (χ4n) is 1.63. The molecule has 92 valence electrons. The number of aromatic nitrogens is 1. The van der Waals surface area contributed by atoms with Crippen molar-refractivity contribution < 1.29 is 13.6 Å². The molecule has 1 aromatic carbocycles. The van der Waals surface area contributed by atoms with E-state index in [4.69, 9.17) is 0 Å². The first kappa shape index (κ1) is 12.4. The first-order chi connectivity index (χ1) is 8.50. The molecule has 0 amide bonds. The molecule has 0 aliphatic carbocycles. The van der Waals surface area contributed by atoms with Crippen molar-refractivity contribution in [3.63, 3.8) is 0 Å². The van der Waals surface area contributed by atoms with Gasteiger partial charge < -0.3 is 0 Å². The summed E-state index contributed by atoms with van der Waals surface area (Å²) in [6, 6.07) is 10.9. The minimum atomic E-state index is -2.89. The van der Waals surface area contributed by atoms with Gasteiger partial charge in [-0.25, -0.2) is 13.8 Å². The zero-order chi connectivity index (χ0) is 13.2. The van der Waals surface area contributed by atoms with Crippen molar-refractivity contribution in [3.05, 3.63) is 53.7 Å². The second-order valence-corrected chi connectivity index (χ2v) is 4.03. The van der Waals surface area contributed by atoms with E-state index in [1.165, 1.54) is 12.1 Å². The van der Waals surface area contributed by atoms with Crippen molar-refractivity contribution in [1.29, 1.82) is 0 Å². The topological polar surface area (TPSA) is 30.0 Å². The third-order valence-electron chi connectivity index (χ3n) is 2.56. The molecule has 0 aliphatic rings. The Labute approximate surface area is 103 Å². The maximum absolute atomic E-state index is 13.2. The highest BCUT2D eigenvalue weighted by Crippen LogP contribution is 2.29. The number of halogens is 2. The highest BCUT2D eigenvalue weighted by atomic mass is 19.3. The van der Waals surface area contributed by atoms with E-state index in [0.717, 1.165) is 6.92 Å². The molecule has 1 heterocycles. The summed E-state index contributed by atoms with van der Waals surface area (Å²) < 4.78 is 26.4. The lowest BCUT2D eigenvalue weighted by Gasteiger charge is -2.11. The highest BCUT2D eigenvalue weighted by Gasteiger charge is 2.24. The molecule has 0 aliphatic heterocycles. The fraction of sp³-hybridized carbons (Fsp3) is 0.143. The minimum absolute atomic E-state index is 0.0710. The van der Waals surface area contributed by atoms with Gasteiger partial charge in [-0.1, -0.05) is 24.3 Å². The van der Waals surface area contributed by atoms with Crippen LogP contribution in [0.4, 0.5) is 8.78 Å². The number of alkyl halides is 2. The van der Waals surface area contributed by atoms with Crippen molar-refractivity contribution in [3.8, 4) is 11.3 Å². The van der Waals surface area contributed by atoms with Crippen molar-refractivity contribution in [1.82, 2.24) is 4.98 Å². The normalized spacial score (nSPS) is 11.3. The van der Waals surface area contributed by atoms with Gasteiger partial charge in [0.1, 0.15) is 5.69 Å². The van der Waals surface area contributed by atoms with Gasteiger partial charge in [-0.15, -0.1) is 0 Å². The average molecular weight is 247 g/mol. The summed E-state index contributed by atoms with van der Waals surface area (Å²) >= 11 is 0. The summed E-state index contributed by atoms with van der Waals surface area (Å²) in [6.07, 6.45) is 0.627. The van der Waals surface area contributed by atoms with Crippen LogP contribution in [0.2, 0.25) is 0 Å². The third kappa shape index (κ3) is 2.59. The van der Waals surface area contributed by atoms with Crippen LogP contribution in [0, 0.1) is 0 Å². The van der Waals surface area contributed by atoms with Gasteiger partial charge in [0.2, 0.25) is 0 Å². The lowest BCUT2D eigenvalue weighted by Crippen LogP contribution is -2.06. The number of benzene rings is 1. The second kappa shape index (κ2) is 4.64. The maximum atomic E-state index is 13.2. The number of pyridine rings is 1. The molecule has 0 unspecified atom stereocenters. The highest BCUT2D eigenvalue weighted by molar-refractivity contribution is 5.73. The van der Waals surface area contributed by atoms with Crippen LogP contribution in [-0.2, 0) is 5.92 Å². The summed E-state index contributed by atoms with van der Waals surface area (Å²) in [7, 11) is 0. The van der Waals surface area contributed by atoms with E-state index < -0.39 is 5.92 Å². The molecule has 0 saturated carbocycles. The Balaban J connectivity index is 2.47. The van der Waals surface area contributed by atoms with Gasteiger partial charge in [0.25, 0.3) is 5.92 Å². The predicted octanol–water partition coefficient (Wildman–Crippen LogP) is 3.67. The van der Waals surface area contributed by atoms with E-state index in [9.17, 15) is 13.6 Å². The third-order valence-corrected chi connectivity index (χ3v) is 2.56. The summed E-state index contributed by atoms with van der Waals surface area (Å²) in [5.41, 5.74) is 1.28. The van der Waals surface area contributed by atoms with Crippen molar-refractivity contribution in [2.24, 2.45) is 0 Å². The molecule has 0 saturated heterocycles. The molecule has 0 spiro atoms. The SMILES string of the molecule is CC(F)(F)c1cccc(-c2cccc(C=O)n2)c1. The predicted molar refractivity (Wildman–Crippen MR) is 64.6 cm³/mol. The molecule has 0 radical (unpaired) electrons. The zero-order valence-electron chi connectivity index (χ0n) is 9.73. The molecule has 2 nitrogen and oxygen atoms in total. The van der Waals surface area contributed by atoms with E-state index in [1.807, 2.05) is 0 Å². The molecule has 1 aromatic heterocycles. The summed E-state index contributed by atoms with van der Waals surface area (Å²) in [5.74, 6) is -2.89. The van der Waals surface area contributed by atoms with E-state index in [0.29, 0.717) is 17.5 Å². The monoisotopic (exact) mass is 247 g/mol. The van der Waals surface area contributed by atoms with Gasteiger partial charge in [0.05, 0.1) is 5.69 Å². The van der Waals surface area contributed by atoms with Crippen LogP contribution < -0.4 is 0 Å². The Bertz CT molecular complexity index is 576. The summed E-state index contributed by atoms with van der Waals surface area (Å²) in [6.45, 7) is 0.849. The molecule has 2 rings (SSSR count). The van der Waals surface area contributed by atoms with E-state index in [-0.39, 0.29) is 11.3 Å². The molecular weight excluding hydrogens is 236 g/mol. The average Bonchev–Trinajstić information content (AvgIpc) is 2.38. The van der Waals surface area contributed by atoms with Gasteiger partial charge in [-0.3, -0.25) is 4.79 Å². The van der Waals surface area contributed by atoms with Crippen molar-refractivity contribution >= 4 is 6.29 Å². The molecule has 4 heteroatoms. The number of aldehydes is 1. The first-order valence-electron chi connectivity index (χ1n) is 5.41. The van der Waals surface area contributed by atoms with Crippen LogP contribution in [-0.4, -0.2) is 11.3 Å². The Morgan fingerprint density at radius 3 is 2.56 bits per heavy atom. The summed E-state index contributed by atoms with van der Waals surface area (Å²) in [5, 5.41) is 0. The van der Waals surface area contributed by atoms with Crippen LogP contribution in [0.25, 0.3) is 11.3 Å². The number of carbonyl (C=O) groups excluding carboxylic acids is 1. The molecule has 2 aromatic rings. The Kier molecular flexibility index (Phi) is 3.19. The Morgan fingerprint density at radius 1 is 1.17 bits per heavy atom. The molecule has 0 atom stereocenters. The van der Waals surface area contributed by atoms with Crippen LogP contribution >= 0.6 is 0 Å². The Morgan fingerprint density at radius 2 is 1.89 bits per heavy atom. The van der Waals surface area contributed by atoms with Crippen LogP contribution in [0.1, 0.15) is 23.0 Å². The maximum Gasteiger partial charge on any atom is 0.270 e. The quantitative estimate of drug-likeness (QED) is 0.774. The van der Waals surface area contributed by atoms with E-state index in [1.54, 1.807) is 30.3 Å². The van der Waals surface area contributed by atoms with Gasteiger partial charge in [-0.2, -0.15) is 0 Å². The van der Waals surface area contributed by atoms with Crippen molar-refractivity contribution in [2.45, 2.75) is 12.8 Å². The van der Waals surface area contributed by atoms with Crippen molar-refractivity contribution in [2.75, 3.05) is 0 Å². The van der Waals surface area contributed by atoms with Crippen LogP contribution in [0.15, 0.2) is 42.5 Å². The summed E-state index contributed by atoms with van der Waals surface area (Å²) in [4.78, 5) is 14.7. The molecule has 18 heavy (non-hydrogen) atoms.